The maximum Gasteiger partial charge on any atom is 0.150 e. The van der Waals surface area contributed by atoms with Crippen LogP contribution >= 0.6 is 11.8 Å². The molecule has 1 aliphatic rings. The summed E-state index contributed by atoms with van der Waals surface area (Å²) >= 11 is 1.87. The molecule has 1 saturated heterocycles. The fraction of sp³-hybridized carbons (Fsp3) is 0.857. The molecule has 1 rings (SSSR count). The van der Waals surface area contributed by atoms with Crippen LogP contribution in [-0.4, -0.2) is 23.8 Å². The molecule has 0 radical (unpaired) electrons. The number of carbonyl (C=O) groups is 1. The molecule has 1 fully saturated rings. The third-order valence-electron chi connectivity index (χ3n) is 1.82. The monoisotopic (exact) mass is 159 g/mol. The van der Waals surface area contributed by atoms with Crippen molar-refractivity contribution in [2.24, 2.45) is 11.7 Å². The highest BCUT2D eigenvalue weighted by Crippen LogP contribution is 2.22. The fourth-order valence-electron chi connectivity index (χ4n) is 1.16. The van der Waals surface area contributed by atoms with Crippen molar-refractivity contribution in [3.63, 3.8) is 0 Å². The quantitative estimate of drug-likeness (QED) is 0.643. The summed E-state index contributed by atoms with van der Waals surface area (Å²) in [5, 5.41) is 0. The minimum atomic E-state index is 0.227. The van der Waals surface area contributed by atoms with Gasteiger partial charge >= 0.3 is 0 Å². The maximum atomic E-state index is 11.0. The second-order valence-corrected chi connectivity index (χ2v) is 3.73. The Kier molecular flexibility index (Phi) is 3.22. The summed E-state index contributed by atoms with van der Waals surface area (Å²) in [7, 11) is 0. The summed E-state index contributed by atoms with van der Waals surface area (Å²) in [5.41, 5.74) is 5.24. The zero-order chi connectivity index (χ0) is 7.40. The van der Waals surface area contributed by atoms with Gasteiger partial charge in [-0.25, -0.2) is 0 Å². The van der Waals surface area contributed by atoms with E-state index in [-0.39, 0.29) is 18.2 Å². The molecule has 0 amide bonds. The third kappa shape index (κ3) is 1.99. The topological polar surface area (TPSA) is 43.1 Å². The number of Topliss-reactive ketones (excluding diaryl/α,β-unsaturated/α-hetero) is 1. The van der Waals surface area contributed by atoms with E-state index in [0.29, 0.717) is 0 Å². The molecule has 1 heterocycles. The summed E-state index contributed by atoms with van der Waals surface area (Å²) < 4.78 is 0. The second kappa shape index (κ2) is 3.98. The lowest BCUT2D eigenvalue weighted by Gasteiger charge is -2.18. The largest absolute Gasteiger partial charge is 0.324 e. The number of hydrogen-bond acceptors (Lipinski definition) is 3. The summed E-state index contributed by atoms with van der Waals surface area (Å²) in [6, 6.07) is 0. The van der Waals surface area contributed by atoms with Gasteiger partial charge in [0.25, 0.3) is 0 Å². The molecular weight excluding hydrogens is 146 g/mol. The van der Waals surface area contributed by atoms with Gasteiger partial charge in [0, 0.05) is 11.7 Å². The van der Waals surface area contributed by atoms with Crippen LogP contribution in [0.1, 0.15) is 12.8 Å². The van der Waals surface area contributed by atoms with E-state index in [1.54, 1.807) is 0 Å². The van der Waals surface area contributed by atoms with Crippen LogP contribution in [0.3, 0.4) is 0 Å². The molecule has 1 aliphatic heterocycles. The zero-order valence-corrected chi connectivity index (χ0v) is 6.82. The average Bonchev–Trinajstić information content (AvgIpc) is 2.05. The smallest absolute Gasteiger partial charge is 0.150 e. The van der Waals surface area contributed by atoms with Crippen LogP contribution in [0.15, 0.2) is 0 Å². The van der Waals surface area contributed by atoms with Gasteiger partial charge in [0.2, 0.25) is 0 Å². The van der Waals surface area contributed by atoms with Gasteiger partial charge in [-0.05, 0) is 18.6 Å². The van der Waals surface area contributed by atoms with Crippen LogP contribution in [0, 0.1) is 5.92 Å². The number of carbonyl (C=O) groups excluding carboxylic acids is 1. The van der Waals surface area contributed by atoms with Gasteiger partial charge in [-0.2, -0.15) is 11.8 Å². The van der Waals surface area contributed by atoms with E-state index in [9.17, 15) is 4.79 Å². The van der Waals surface area contributed by atoms with Gasteiger partial charge in [0.05, 0.1) is 6.54 Å². The van der Waals surface area contributed by atoms with Crippen molar-refractivity contribution in [1.82, 2.24) is 0 Å². The molecule has 0 aromatic rings. The summed E-state index contributed by atoms with van der Waals surface area (Å²) in [6.45, 7) is 0.227. The summed E-state index contributed by atoms with van der Waals surface area (Å²) in [5.74, 6) is 2.72. The zero-order valence-electron chi connectivity index (χ0n) is 6.01. The van der Waals surface area contributed by atoms with E-state index in [1.165, 1.54) is 12.2 Å². The van der Waals surface area contributed by atoms with Crippen molar-refractivity contribution in [3.8, 4) is 0 Å². The van der Waals surface area contributed by atoms with Crippen LogP contribution in [-0.2, 0) is 4.79 Å². The van der Waals surface area contributed by atoms with Gasteiger partial charge in [0.1, 0.15) is 5.78 Å². The van der Waals surface area contributed by atoms with E-state index < -0.39 is 0 Å². The predicted octanol–water partition coefficient (Wildman–Crippen LogP) is 0.657. The van der Waals surface area contributed by atoms with Gasteiger partial charge in [-0.1, -0.05) is 0 Å². The van der Waals surface area contributed by atoms with E-state index >= 15 is 0 Å². The number of nitrogens with two attached hydrogens (primary N) is 1. The van der Waals surface area contributed by atoms with Crippen LogP contribution in [0.25, 0.3) is 0 Å². The van der Waals surface area contributed by atoms with Crippen molar-refractivity contribution < 1.29 is 4.79 Å². The van der Waals surface area contributed by atoms with Crippen LogP contribution in [0.2, 0.25) is 0 Å². The standard InChI is InChI=1S/C7H13NOS/c8-4-7(9)6-2-1-3-10-5-6/h6H,1-5,8H2. The normalized spacial score (nSPS) is 26.3. The van der Waals surface area contributed by atoms with Gasteiger partial charge in [-0.15, -0.1) is 0 Å². The van der Waals surface area contributed by atoms with Crippen LogP contribution in [0.4, 0.5) is 0 Å². The molecule has 10 heavy (non-hydrogen) atoms. The number of rotatable bonds is 2. The average molecular weight is 159 g/mol. The Balaban J connectivity index is 2.31. The van der Waals surface area contributed by atoms with Gasteiger partial charge in [-0.3, -0.25) is 4.79 Å². The molecule has 0 aromatic heterocycles. The minimum Gasteiger partial charge on any atom is -0.324 e. The van der Waals surface area contributed by atoms with Crippen molar-refractivity contribution in [3.05, 3.63) is 0 Å². The lowest BCUT2D eigenvalue weighted by molar-refractivity contribution is -0.121. The number of hydrogen-bond donors (Lipinski definition) is 1. The Bertz CT molecular complexity index is 121. The number of thioether (sulfide) groups is 1. The molecule has 2 N–H and O–H groups in total. The predicted molar refractivity (Wildman–Crippen MR) is 44.1 cm³/mol. The number of ketones is 1. The highest BCUT2D eigenvalue weighted by molar-refractivity contribution is 7.99. The Morgan fingerprint density at radius 2 is 2.50 bits per heavy atom. The minimum absolute atomic E-state index is 0.227. The maximum absolute atomic E-state index is 11.0. The van der Waals surface area contributed by atoms with E-state index in [4.69, 9.17) is 5.73 Å². The Morgan fingerprint density at radius 3 is 3.00 bits per heavy atom. The fourth-order valence-corrected chi connectivity index (χ4v) is 2.34. The second-order valence-electron chi connectivity index (χ2n) is 2.58. The van der Waals surface area contributed by atoms with Crippen LogP contribution < -0.4 is 5.73 Å². The summed E-state index contributed by atoms with van der Waals surface area (Å²) in [4.78, 5) is 11.0. The van der Waals surface area contributed by atoms with E-state index in [1.807, 2.05) is 11.8 Å². The van der Waals surface area contributed by atoms with Crippen LogP contribution in [0.5, 0.6) is 0 Å². The molecular formula is C7H13NOS. The Labute approximate surface area is 65.5 Å². The summed E-state index contributed by atoms with van der Waals surface area (Å²) in [6.07, 6.45) is 2.24. The Hall–Kier alpha value is -0.0200. The molecule has 0 bridgehead atoms. The van der Waals surface area contributed by atoms with Gasteiger partial charge < -0.3 is 5.73 Å². The van der Waals surface area contributed by atoms with E-state index in [0.717, 1.165) is 12.2 Å². The SMILES string of the molecule is NCC(=O)C1CCCSC1. The molecule has 2 nitrogen and oxygen atoms in total. The van der Waals surface area contributed by atoms with Crippen molar-refractivity contribution in [2.75, 3.05) is 18.1 Å². The molecule has 0 saturated carbocycles. The molecule has 0 aromatic carbocycles. The molecule has 58 valence electrons. The van der Waals surface area contributed by atoms with E-state index in [2.05, 4.69) is 0 Å². The highest BCUT2D eigenvalue weighted by atomic mass is 32.2. The van der Waals surface area contributed by atoms with Crippen molar-refractivity contribution in [2.45, 2.75) is 12.8 Å². The molecule has 1 unspecified atom stereocenters. The van der Waals surface area contributed by atoms with Crippen molar-refractivity contribution in [1.29, 1.82) is 0 Å². The molecule has 1 atom stereocenters. The molecule has 0 spiro atoms. The molecule has 0 aliphatic carbocycles. The lowest BCUT2D eigenvalue weighted by Crippen LogP contribution is -2.27. The molecule has 3 heteroatoms. The van der Waals surface area contributed by atoms with Gasteiger partial charge in [0.15, 0.2) is 0 Å². The first-order valence-corrected chi connectivity index (χ1v) is 4.80. The first-order chi connectivity index (χ1) is 4.84. The highest BCUT2D eigenvalue weighted by Gasteiger charge is 2.19. The third-order valence-corrected chi connectivity index (χ3v) is 3.03. The lowest BCUT2D eigenvalue weighted by atomic mass is 10.0. The first kappa shape index (κ1) is 8.08. The Morgan fingerprint density at radius 1 is 1.70 bits per heavy atom. The van der Waals surface area contributed by atoms with Crippen molar-refractivity contribution >= 4 is 17.5 Å². The first-order valence-electron chi connectivity index (χ1n) is 3.65.